The Morgan fingerprint density at radius 3 is 2.20 bits per heavy atom. The molecule has 2 rings (SSSR count). The van der Waals surface area contributed by atoms with Crippen molar-refractivity contribution in [2.75, 3.05) is 4.72 Å². The predicted molar refractivity (Wildman–Crippen MR) is 100 cm³/mol. The van der Waals surface area contributed by atoms with E-state index in [2.05, 4.69) is 10.0 Å². The Kier molecular flexibility index (Phi) is 5.52. The fourth-order valence-electron chi connectivity index (χ4n) is 2.14. The zero-order chi connectivity index (χ0) is 18.7. The zero-order valence-corrected chi connectivity index (χ0v) is 15.8. The lowest BCUT2D eigenvalue weighted by Crippen LogP contribution is -2.42. The molecule has 0 saturated heterocycles. The summed E-state index contributed by atoms with van der Waals surface area (Å²) in [5.41, 5.74) is 1.49. The molecule has 0 saturated carbocycles. The van der Waals surface area contributed by atoms with Gasteiger partial charge in [0.05, 0.1) is 10.6 Å². The number of carbonyl (C=O) groups excluding carboxylic acids is 1. The summed E-state index contributed by atoms with van der Waals surface area (Å²) in [5, 5.41) is 2.92. The van der Waals surface area contributed by atoms with E-state index in [4.69, 9.17) is 0 Å². The van der Waals surface area contributed by atoms with Gasteiger partial charge in [0.25, 0.3) is 15.9 Å². The topological polar surface area (TPSA) is 75.3 Å². The maximum Gasteiger partial charge on any atom is 0.261 e. The third-order valence-electron chi connectivity index (χ3n) is 4.15. The van der Waals surface area contributed by atoms with Gasteiger partial charge in [0.1, 0.15) is 0 Å². The molecule has 0 fully saturated rings. The molecule has 2 aromatic rings. The first-order valence-electron chi connectivity index (χ1n) is 8.16. The normalized spacial score (nSPS) is 11.8. The minimum Gasteiger partial charge on any atom is -0.347 e. The number of hydrogen-bond donors (Lipinski definition) is 2. The quantitative estimate of drug-likeness (QED) is 0.824. The van der Waals surface area contributed by atoms with Crippen LogP contribution in [0.4, 0.5) is 5.69 Å². The van der Waals surface area contributed by atoms with Crippen molar-refractivity contribution in [1.29, 1.82) is 0 Å². The van der Waals surface area contributed by atoms with E-state index in [1.165, 1.54) is 24.3 Å². The van der Waals surface area contributed by atoms with Crippen LogP contribution in [0.1, 0.15) is 43.1 Å². The fraction of sp³-hybridized carbons (Fsp3) is 0.316. The molecule has 6 heteroatoms. The minimum absolute atomic E-state index is 0.113. The van der Waals surface area contributed by atoms with E-state index < -0.39 is 10.0 Å². The van der Waals surface area contributed by atoms with E-state index in [-0.39, 0.29) is 16.3 Å². The molecular formula is C19H24N2O3S. The summed E-state index contributed by atoms with van der Waals surface area (Å²) in [6.07, 6.45) is 0.797. The van der Waals surface area contributed by atoms with E-state index in [0.717, 1.165) is 12.0 Å². The molecule has 0 radical (unpaired) electrons. The van der Waals surface area contributed by atoms with Crippen molar-refractivity contribution in [3.63, 3.8) is 0 Å². The maximum atomic E-state index is 12.5. The molecule has 1 amide bonds. The van der Waals surface area contributed by atoms with Crippen LogP contribution < -0.4 is 10.0 Å². The van der Waals surface area contributed by atoms with Gasteiger partial charge in [-0.05, 0) is 63.1 Å². The highest BCUT2D eigenvalue weighted by Gasteiger charge is 2.20. The standard InChI is InChI=1S/C19H24N2O3S/c1-5-19(3,4)20-18(22)15-10-12-16(13-11-15)25(23,24)21-17-9-7-6-8-14(17)2/h6-13,21H,5H2,1-4H3,(H,20,22). The lowest BCUT2D eigenvalue weighted by molar-refractivity contribution is 0.0911. The molecule has 0 bridgehead atoms. The number of para-hydroxylation sites is 1. The summed E-state index contributed by atoms with van der Waals surface area (Å²) in [6, 6.07) is 13.1. The summed E-state index contributed by atoms with van der Waals surface area (Å²) >= 11 is 0. The monoisotopic (exact) mass is 360 g/mol. The van der Waals surface area contributed by atoms with Crippen molar-refractivity contribution < 1.29 is 13.2 Å². The lowest BCUT2D eigenvalue weighted by atomic mass is 10.0. The summed E-state index contributed by atoms with van der Waals surface area (Å²) in [4.78, 5) is 12.4. The van der Waals surface area contributed by atoms with Gasteiger partial charge in [-0.15, -0.1) is 0 Å². The smallest absolute Gasteiger partial charge is 0.261 e. The number of carbonyl (C=O) groups is 1. The van der Waals surface area contributed by atoms with Gasteiger partial charge in [0.15, 0.2) is 0 Å². The van der Waals surface area contributed by atoms with Crippen molar-refractivity contribution in [3.8, 4) is 0 Å². The zero-order valence-electron chi connectivity index (χ0n) is 15.0. The molecule has 5 nitrogen and oxygen atoms in total. The molecule has 134 valence electrons. The molecule has 2 aromatic carbocycles. The minimum atomic E-state index is -3.70. The largest absolute Gasteiger partial charge is 0.347 e. The Balaban J connectivity index is 2.19. The Hall–Kier alpha value is -2.34. The van der Waals surface area contributed by atoms with Crippen molar-refractivity contribution in [2.24, 2.45) is 0 Å². The van der Waals surface area contributed by atoms with Crippen LogP contribution in [-0.4, -0.2) is 19.9 Å². The molecule has 0 spiro atoms. The Morgan fingerprint density at radius 2 is 1.64 bits per heavy atom. The molecule has 0 aliphatic carbocycles. The van der Waals surface area contributed by atoms with Crippen LogP contribution in [0.15, 0.2) is 53.4 Å². The van der Waals surface area contributed by atoms with Crippen LogP contribution >= 0.6 is 0 Å². The third-order valence-corrected chi connectivity index (χ3v) is 5.53. The third kappa shape index (κ3) is 4.82. The molecule has 0 heterocycles. The second kappa shape index (κ2) is 7.27. The van der Waals surface area contributed by atoms with Crippen LogP contribution in [0.25, 0.3) is 0 Å². The van der Waals surface area contributed by atoms with E-state index in [1.807, 2.05) is 39.8 Å². The number of amides is 1. The molecule has 25 heavy (non-hydrogen) atoms. The van der Waals surface area contributed by atoms with Gasteiger partial charge in [-0.1, -0.05) is 25.1 Å². The Morgan fingerprint density at radius 1 is 1.04 bits per heavy atom. The second-order valence-electron chi connectivity index (χ2n) is 6.64. The number of nitrogens with one attached hydrogen (secondary N) is 2. The fourth-order valence-corrected chi connectivity index (χ4v) is 3.28. The highest BCUT2D eigenvalue weighted by Crippen LogP contribution is 2.20. The molecule has 2 N–H and O–H groups in total. The van der Waals surface area contributed by atoms with E-state index in [0.29, 0.717) is 11.3 Å². The summed E-state index contributed by atoms with van der Waals surface area (Å²) in [7, 11) is -3.70. The van der Waals surface area contributed by atoms with Gasteiger partial charge < -0.3 is 5.32 Å². The van der Waals surface area contributed by atoms with Gasteiger partial charge in [0, 0.05) is 11.1 Å². The van der Waals surface area contributed by atoms with E-state index >= 15 is 0 Å². The Bertz CT molecular complexity index is 856. The summed E-state index contributed by atoms with van der Waals surface area (Å²) in [5.74, 6) is -0.220. The number of rotatable bonds is 6. The maximum absolute atomic E-state index is 12.5. The molecule has 0 aliphatic rings. The average Bonchev–Trinajstić information content (AvgIpc) is 2.56. The lowest BCUT2D eigenvalue weighted by Gasteiger charge is -2.24. The second-order valence-corrected chi connectivity index (χ2v) is 8.32. The summed E-state index contributed by atoms with van der Waals surface area (Å²) in [6.45, 7) is 7.71. The number of hydrogen-bond acceptors (Lipinski definition) is 3. The molecular weight excluding hydrogens is 336 g/mol. The van der Waals surface area contributed by atoms with Gasteiger partial charge in [-0.3, -0.25) is 9.52 Å². The van der Waals surface area contributed by atoms with Crippen LogP contribution in [0.5, 0.6) is 0 Å². The van der Waals surface area contributed by atoms with Crippen molar-refractivity contribution in [1.82, 2.24) is 5.32 Å². The van der Waals surface area contributed by atoms with Crippen LogP contribution in [0, 0.1) is 6.92 Å². The average molecular weight is 360 g/mol. The summed E-state index contributed by atoms with van der Waals surface area (Å²) < 4.78 is 27.6. The SMILES string of the molecule is CCC(C)(C)NC(=O)c1ccc(S(=O)(=O)Nc2ccccc2C)cc1. The molecule has 0 atom stereocenters. The van der Waals surface area contributed by atoms with Crippen LogP contribution in [0.3, 0.4) is 0 Å². The number of sulfonamides is 1. The highest BCUT2D eigenvalue weighted by atomic mass is 32.2. The Labute approximate surface area is 149 Å². The number of aryl methyl sites for hydroxylation is 1. The highest BCUT2D eigenvalue weighted by molar-refractivity contribution is 7.92. The van der Waals surface area contributed by atoms with Crippen molar-refractivity contribution in [3.05, 3.63) is 59.7 Å². The van der Waals surface area contributed by atoms with Gasteiger partial charge >= 0.3 is 0 Å². The van der Waals surface area contributed by atoms with Crippen molar-refractivity contribution in [2.45, 2.75) is 44.6 Å². The van der Waals surface area contributed by atoms with Crippen LogP contribution in [0.2, 0.25) is 0 Å². The van der Waals surface area contributed by atoms with Gasteiger partial charge in [-0.2, -0.15) is 0 Å². The molecule has 0 unspecified atom stereocenters. The van der Waals surface area contributed by atoms with Gasteiger partial charge in [-0.25, -0.2) is 8.42 Å². The molecule has 0 aliphatic heterocycles. The first-order valence-corrected chi connectivity index (χ1v) is 9.64. The van der Waals surface area contributed by atoms with Crippen molar-refractivity contribution >= 4 is 21.6 Å². The van der Waals surface area contributed by atoms with E-state index in [9.17, 15) is 13.2 Å². The number of benzene rings is 2. The first kappa shape index (κ1) is 19.0. The van der Waals surface area contributed by atoms with Crippen LogP contribution in [-0.2, 0) is 10.0 Å². The number of anilines is 1. The molecule has 0 aromatic heterocycles. The first-order chi connectivity index (χ1) is 11.6. The van der Waals surface area contributed by atoms with E-state index in [1.54, 1.807) is 12.1 Å². The van der Waals surface area contributed by atoms with Gasteiger partial charge in [0.2, 0.25) is 0 Å². The predicted octanol–water partition coefficient (Wildman–Crippen LogP) is 3.71.